The summed E-state index contributed by atoms with van der Waals surface area (Å²) in [6, 6.07) is 7.40. The molecule has 0 fully saturated rings. The summed E-state index contributed by atoms with van der Waals surface area (Å²) in [7, 11) is 0. The fourth-order valence-corrected chi connectivity index (χ4v) is 0.610. The molecule has 0 aromatic heterocycles. The molecule has 0 unspecified atom stereocenters. The van der Waals surface area contributed by atoms with Gasteiger partial charge in [0.25, 0.3) is 0 Å². The topological polar surface area (TPSA) is 0 Å². The van der Waals surface area contributed by atoms with E-state index in [-0.39, 0.29) is 29.6 Å². The van der Waals surface area contributed by atoms with Gasteiger partial charge in [0.05, 0.1) is 0 Å². The Morgan fingerprint density at radius 1 is 1.11 bits per heavy atom. The van der Waals surface area contributed by atoms with E-state index < -0.39 is 0 Å². The van der Waals surface area contributed by atoms with Crippen molar-refractivity contribution in [1.82, 2.24) is 0 Å². The Balaban J connectivity index is 0.000000640. The van der Waals surface area contributed by atoms with Crippen LogP contribution in [0.2, 0.25) is 5.02 Å². The third kappa shape index (κ3) is 3.27. The van der Waals surface area contributed by atoms with Crippen LogP contribution in [0.15, 0.2) is 24.3 Å². The van der Waals surface area contributed by atoms with Crippen molar-refractivity contribution in [3.05, 3.63) is 41.8 Å². The Kier molecular flexibility index (Phi) is 4.59. The molecule has 0 aliphatic carbocycles. The van der Waals surface area contributed by atoms with Crippen LogP contribution in [0, 0.1) is 6.92 Å². The van der Waals surface area contributed by atoms with Gasteiger partial charge in [-0.25, -0.2) is 0 Å². The van der Waals surface area contributed by atoms with Gasteiger partial charge < -0.3 is 0 Å². The van der Waals surface area contributed by atoms with E-state index in [9.17, 15) is 0 Å². The van der Waals surface area contributed by atoms with Gasteiger partial charge in [0, 0.05) is 5.02 Å². The van der Waals surface area contributed by atoms with Crippen LogP contribution in [-0.2, 0) is 0 Å². The molecule has 0 bridgehead atoms. The molecule has 1 aromatic rings. The van der Waals surface area contributed by atoms with Gasteiger partial charge in [0.15, 0.2) is 0 Å². The zero-order valence-electron chi connectivity index (χ0n) is 4.39. The first-order valence-corrected chi connectivity index (χ1v) is 2.74. The van der Waals surface area contributed by atoms with Gasteiger partial charge in [0.1, 0.15) is 0 Å². The number of halogens is 1. The first kappa shape index (κ1) is 9.51. The summed E-state index contributed by atoms with van der Waals surface area (Å²) in [4.78, 5) is 0. The minimum absolute atomic E-state index is 0. The monoisotopic (exact) mass is 149 g/mol. The van der Waals surface area contributed by atoms with Crippen molar-refractivity contribution in [3.63, 3.8) is 0 Å². The van der Waals surface area contributed by atoms with E-state index in [1.165, 1.54) is 0 Å². The van der Waals surface area contributed by atoms with Gasteiger partial charge in [-0.05, 0) is 24.6 Å². The molecule has 2 heteroatoms. The van der Waals surface area contributed by atoms with E-state index in [1.54, 1.807) is 0 Å². The summed E-state index contributed by atoms with van der Waals surface area (Å²) in [5, 5.41) is 0.761. The van der Waals surface area contributed by atoms with Gasteiger partial charge in [-0.1, -0.05) is 23.7 Å². The zero-order valence-corrected chi connectivity index (χ0v) is 5.15. The van der Waals surface area contributed by atoms with Crippen LogP contribution in [0.25, 0.3) is 0 Å². The van der Waals surface area contributed by atoms with Gasteiger partial charge in [0.2, 0.25) is 0 Å². The van der Waals surface area contributed by atoms with Crippen LogP contribution in [0.3, 0.4) is 0 Å². The van der Waals surface area contributed by atoms with E-state index in [1.807, 2.05) is 24.3 Å². The molecule has 0 spiro atoms. The standard InChI is InChI=1S/C7H6Cl.Na.H/c1-6-2-4-7(8)5-3-6;;/h2-5H,1H2;;. The van der Waals surface area contributed by atoms with Crippen molar-refractivity contribution in [3.8, 4) is 0 Å². The van der Waals surface area contributed by atoms with Crippen LogP contribution in [0.1, 0.15) is 5.56 Å². The number of rotatable bonds is 0. The van der Waals surface area contributed by atoms with Gasteiger partial charge >= 0.3 is 29.6 Å². The molecule has 0 heterocycles. The average Bonchev–Trinajstić information content (AvgIpc) is 1.77. The van der Waals surface area contributed by atoms with Crippen LogP contribution in [-0.4, -0.2) is 29.6 Å². The molecule has 0 saturated heterocycles. The molecule has 9 heavy (non-hydrogen) atoms. The molecule has 1 rings (SSSR count). The predicted octanol–water partition coefficient (Wildman–Crippen LogP) is 1.87. The first-order valence-electron chi connectivity index (χ1n) is 2.36. The van der Waals surface area contributed by atoms with Crippen molar-refractivity contribution in [2.75, 3.05) is 0 Å². The molecule has 0 atom stereocenters. The Hall–Kier alpha value is 0.510. The molecule has 0 aliphatic heterocycles. The van der Waals surface area contributed by atoms with E-state index in [0.29, 0.717) is 0 Å². The molecule has 0 N–H and O–H groups in total. The second-order valence-electron chi connectivity index (χ2n) is 1.63. The van der Waals surface area contributed by atoms with Gasteiger partial charge in [-0.2, -0.15) is 0 Å². The van der Waals surface area contributed by atoms with Crippen molar-refractivity contribution < 1.29 is 0 Å². The number of benzene rings is 1. The third-order valence-electron chi connectivity index (χ3n) is 0.913. The molecule has 1 radical (unpaired) electrons. The molecule has 0 amide bonds. The van der Waals surface area contributed by atoms with E-state index >= 15 is 0 Å². The Morgan fingerprint density at radius 2 is 1.56 bits per heavy atom. The summed E-state index contributed by atoms with van der Waals surface area (Å²) in [6.07, 6.45) is 0. The fraction of sp³-hybridized carbons (Fsp3) is 0. The Labute approximate surface area is 82.5 Å². The van der Waals surface area contributed by atoms with Gasteiger partial charge in [-0.15, -0.1) is 0 Å². The van der Waals surface area contributed by atoms with E-state index in [2.05, 4.69) is 6.92 Å². The molecule has 0 nitrogen and oxygen atoms in total. The molecular formula is C7H7ClNa. The average molecular weight is 150 g/mol. The van der Waals surface area contributed by atoms with E-state index in [0.717, 1.165) is 10.6 Å². The van der Waals surface area contributed by atoms with Gasteiger partial charge in [-0.3, -0.25) is 0 Å². The summed E-state index contributed by atoms with van der Waals surface area (Å²) in [5.41, 5.74) is 0.995. The molecule has 0 saturated carbocycles. The molecule has 43 valence electrons. The second kappa shape index (κ2) is 4.35. The Bertz CT molecular complexity index is 148. The minimum atomic E-state index is 0. The summed E-state index contributed by atoms with van der Waals surface area (Å²) in [6.45, 7) is 3.70. The van der Waals surface area contributed by atoms with Crippen molar-refractivity contribution >= 4 is 41.2 Å². The summed E-state index contributed by atoms with van der Waals surface area (Å²) < 4.78 is 0. The van der Waals surface area contributed by atoms with Crippen molar-refractivity contribution in [2.45, 2.75) is 0 Å². The van der Waals surface area contributed by atoms with Crippen molar-refractivity contribution in [2.24, 2.45) is 0 Å². The quantitative estimate of drug-likeness (QED) is 0.494. The maximum atomic E-state index is 5.58. The van der Waals surface area contributed by atoms with E-state index in [4.69, 9.17) is 11.6 Å². The molecule has 0 aliphatic rings. The normalized spacial score (nSPS) is 8.22. The first-order chi connectivity index (χ1) is 3.79. The number of hydrogen-bond acceptors (Lipinski definition) is 0. The van der Waals surface area contributed by atoms with Crippen LogP contribution >= 0.6 is 11.6 Å². The second-order valence-corrected chi connectivity index (χ2v) is 2.06. The predicted molar refractivity (Wildman–Crippen MR) is 43.1 cm³/mol. The van der Waals surface area contributed by atoms with Crippen molar-refractivity contribution in [1.29, 1.82) is 0 Å². The summed E-state index contributed by atoms with van der Waals surface area (Å²) in [5.74, 6) is 0. The SMILES string of the molecule is [CH2]c1ccc(Cl)cc1.[NaH]. The third-order valence-corrected chi connectivity index (χ3v) is 1.17. The molecular weight excluding hydrogens is 143 g/mol. The number of hydrogen-bond donors (Lipinski definition) is 0. The van der Waals surface area contributed by atoms with Crippen LogP contribution in [0.4, 0.5) is 0 Å². The maximum absolute atomic E-state index is 5.58. The summed E-state index contributed by atoms with van der Waals surface area (Å²) >= 11 is 5.58. The van der Waals surface area contributed by atoms with Crippen LogP contribution in [0.5, 0.6) is 0 Å². The van der Waals surface area contributed by atoms with Crippen LogP contribution < -0.4 is 0 Å². The zero-order chi connectivity index (χ0) is 5.98. The molecule has 1 aromatic carbocycles. The Morgan fingerprint density at radius 3 is 1.89 bits per heavy atom. The fourth-order valence-electron chi connectivity index (χ4n) is 0.484.